The van der Waals surface area contributed by atoms with Crippen molar-refractivity contribution in [2.24, 2.45) is 0 Å². The molecule has 2 saturated heterocycles. The summed E-state index contributed by atoms with van der Waals surface area (Å²) in [6.45, 7) is 0.557. The van der Waals surface area contributed by atoms with Gasteiger partial charge in [-0.1, -0.05) is 17.7 Å². The minimum atomic E-state index is -5.00. The summed E-state index contributed by atoms with van der Waals surface area (Å²) in [5, 5.41) is 9.99. The van der Waals surface area contributed by atoms with Crippen molar-refractivity contribution in [2.75, 3.05) is 57.0 Å². The maximum absolute atomic E-state index is 16.7. The first-order chi connectivity index (χ1) is 21.4. The number of rotatable bonds is 5. The van der Waals surface area contributed by atoms with Crippen LogP contribution in [0.5, 0.6) is 6.01 Å². The van der Waals surface area contributed by atoms with Crippen molar-refractivity contribution in [2.45, 2.75) is 25.1 Å². The maximum Gasteiger partial charge on any atom is 0.471 e. The Hall–Kier alpha value is -4.00. The van der Waals surface area contributed by atoms with Crippen LogP contribution in [0.1, 0.15) is 18.4 Å². The molecule has 4 heterocycles. The van der Waals surface area contributed by atoms with Gasteiger partial charge < -0.3 is 25.2 Å². The Morgan fingerprint density at radius 3 is 2.58 bits per heavy atom. The van der Waals surface area contributed by atoms with Gasteiger partial charge in [-0.2, -0.15) is 28.4 Å². The van der Waals surface area contributed by atoms with Crippen molar-refractivity contribution in [3.63, 3.8) is 0 Å². The molecular formula is C29H25ClF5N7O2S. The number of aromatic nitrogens is 2. The predicted octanol–water partition coefficient (Wildman–Crippen LogP) is 5.58. The third-order valence-electron chi connectivity index (χ3n) is 8.23. The number of piperazine rings is 1. The molecule has 2 aromatic carbocycles. The monoisotopic (exact) mass is 665 g/mol. The number of benzene rings is 2. The van der Waals surface area contributed by atoms with Gasteiger partial charge in [0.05, 0.1) is 15.3 Å². The van der Waals surface area contributed by atoms with Gasteiger partial charge in [0.1, 0.15) is 34.8 Å². The number of hydrogen-bond donors (Lipinski definition) is 1. The molecule has 0 aliphatic carbocycles. The molecule has 2 aromatic heterocycles. The predicted molar refractivity (Wildman–Crippen MR) is 160 cm³/mol. The second-order valence-corrected chi connectivity index (χ2v) is 12.3. The summed E-state index contributed by atoms with van der Waals surface area (Å²) in [5.74, 6) is -3.29. The molecule has 2 aliphatic rings. The Labute approximate surface area is 262 Å². The summed E-state index contributed by atoms with van der Waals surface area (Å²) >= 11 is 7.54. The van der Waals surface area contributed by atoms with Gasteiger partial charge in [0.25, 0.3) is 0 Å². The van der Waals surface area contributed by atoms with Gasteiger partial charge in [-0.15, -0.1) is 11.3 Å². The number of carbonyl (C=O) groups is 1. The summed E-state index contributed by atoms with van der Waals surface area (Å²) in [6.07, 6.45) is -3.14. The number of nitrogens with zero attached hydrogens (tertiary/aromatic N) is 6. The van der Waals surface area contributed by atoms with Gasteiger partial charge in [-0.05, 0) is 44.1 Å². The first-order valence-corrected chi connectivity index (χ1v) is 15.1. The van der Waals surface area contributed by atoms with E-state index in [1.54, 1.807) is 4.90 Å². The van der Waals surface area contributed by atoms with E-state index in [0.717, 1.165) is 36.8 Å². The Morgan fingerprint density at radius 1 is 1.20 bits per heavy atom. The fraction of sp³-hybridized carbons (Fsp3) is 0.379. The van der Waals surface area contributed by atoms with Crippen LogP contribution < -0.4 is 15.4 Å². The summed E-state index contributed by atoms with van der Waals surface area (Å²) in [4.78, 5) is 25.2. The van der Waals surface area contributed by atoms with Gasteiger partial charge in [-0.25, -0.2) is 8.78 Å². The number of likely N-dealkylation sites (tertiary alicyclic amines) is 1. The van der Waals surface area contributed by atoms with Crippen LogP contribution in [0, 0.1) is 23.0 Å². The lowest BCUT2D eigenvalue weighted by Crippen LogP contribution is -2.52. The van der Waals surface area contributed by atoms with E-state index in [9.17, 15) is 27.6 Å². The molecule has 0 spiro atoms. The molecule has 0 bridgehead atoms. The number of amides is 1. The molecule has 2 aliphatic heterocycles. The van der Waals surface area contributed by atoms with E-state index in [1.165, 1.54) is 12.1 Å². The number of carbonyl (C=O) groups excluding carboxylic acids is 1. The molecule has 236 valence electrons. The number of nitrogen functional groups attached to an aromatic ring is 1. The largest absolute Gasteiger partial charge is 0.471 e. The normalized spacial score (nSPS) is 17.8. The molecular weight excluding hydrogens is 641 g/mol. The number of halogens is 6. The van der Waals surface area contributed by atoms with Crippen LogP contribution in [0.4, 0.5) is 32.8 Å². The SMILES string of the molecule is CN1CCCC1COc1nc(N2CCN(C(=O)C(F)(F)F)CC2)c2cc(Cl)c(-c3ccc(F)c4sc(N)c(C#N)c34)c(F)c2n1. The average molecular weight is 666 g/mol. The Balaban J connectivity index is 1.47. The van der Waals surface area contributed by atoms with E-state index in [2.05, 4.69) is 14.9 Å². The van der Waals surface area contributed by atoms with Crippen LogP contribution >= 0.6 is 22.9 Å². The maximum atomic E-state index is 16.7. The minimum absolute atomic E-state index is 0.0144. The number of anilines is 2. The molecule has 1 unspecified atom stereocenters. The van der Waals surface area contributed by atoms with Crippen molar-refractivity contribution in [1.29, 1.82) is 5.26 Å². The number of likely N-dealkylation sites (N-methyl/N-ethyl adjacent to an activating group) is 1. The summed E-state index contributed by atoms with van der Waals surface area (Å²) < 4.78 is 76.6. The number of alkyl halides is 3. The Morgan fingerprint density at radius 2 is 1.93 bits per heavy atom. The Kier molecular flexibility index (Phi) is 8.09. The first kappa shape index (κ1) is 31.0. The zero-order chi connectivity index (χ0) is 32.2. The number of hydrogen-bond acceptors (Lipinski definition) is 9. The van der Waals surface area contributed by atoms with E-state index >= 15 is 4.39 Å². The molecule has 4 aromatic rings. The van der Waals surface area contributed by atoms with Gasteiger partial charge in [-0.3, -0.25) is 4.79 Å². The van der Waals surface area contributed by atoms with Crippen molar-refractivity contribution >= 4 is 60.7 Å². The van der Waals surface area contributed by atoms with Crippen molar-refractivity contribution in [3.05, 3.63) is 40.4 Å². The zero-order valence-electron chi connectivity index (χ0n) is 23.7. The van der Waals surface area contributed by atoms with E-state index in [1.807, 2.05) is 13.1 Å². The standard InChI is InChI=1S/C29H25ClF5N7O2S/c1-40-6-2-3-14(40)13-44-28-38-23-16(26(39-28)41-7-9-42(10-8-41)27(43)29(33,34)35)11-18(30)21(22(23)32)15-4-5-19(31)24-20(15)17(12-36)25(37)45-24/h4-5,11,14H,2-3,6-10,13,37H2,1H3. The highest BCUT2D eigenvalue weighted by atomic mass is 35.5. The molecule has 45 heavy (non-hydrogen) atoms. The lowest BCUT2D eigenvalue weighted by Gasteiger charge is -2.36. The number of fused-ring (bicyclic) bond motifs is 2. The van der Waals surface area contributed by atoms with Crippen LogP contribution in [-0.2, 0) is 4.79 Å². The fourth-order valence-corrected chi connectivity index (χ4v) is 7.13. The van der Waals surface area contributed by atoms with Crippen LogP contribution in [0.2, 0.25) is 5.02 Å². The molecule has 1 amide bonds. The highest BCUT2D eigenvalue weighted by Crippen LogP contribution is 2.45. The van der Waals surface area contributed by atoms with Crippen molar-refractivity contribution in [1.82, 2.24) is 19.8 Å². The number of nitriles is 1. The fourth-order valence-electron chi connectivity index (χ4n) is 5.88. The second-order valence-electron chi connectivity index (χ2n) is 10.9. The summed E-state index contributed by atoms with van der Waals surface area (Å²) in [5.41, 5.74) is 5.77. The first-order valence-electron chi connectivity index (χ1n) is 13.9. The molecule has 1 atom stereocenters. The lowest BCUT2D eigenvalue weighted by molar-refractivity contribution is -0.185. The van der Waals surface area contributed by atoms with E-state index in [4.69, 9.17) is 22.1 Å². The molecule has 0 saturated carbocycles. The third kappa shape index (κ3) is 5.55. The highest BCUT2D eigenvalue weighted by molar-refractivity contribution is 7.23. The van der Waals surface area contributed by atoms with Gasteiger partial charge >= 0.3 is 18.1 Å². The number of nitrogens with two attached hydrogens (primary N) is 1. The van der Waals surface area contributed by atoms with E-state index in [-0.39, 0.29) is 98.4 Å². The molecule has 0 radical (unpaired) electrons. The summed E-state index contributed by atoms with van der Waals surface area (Å²) in [6, 6.07) is 5.75. The molecule has 2 N–H and O–H groups in total. The smallest absolute Gasteiger partial charge is 0.462 e. The van der Waals surface area contributed by atoms with Gasteiger partial charge in [0, 0.05) is 48.6 Å². The van der Waals surface area contributed by atoms with Crippen LogP contribution in [0.25, 0.3) is 32.1 Å². The van der Waals surface area contributed by atoms with Crippen LogP contribution in [-0.4, -0.2) is 84.3 Å². The highest BCUT2D eigenvalue weighted by Gasteiger charge is 2.43. The molecule has 2 fully saturated rings. The zero-order valence-corrected chi connectivity index (χ0v) is 25.3. The van der Waals surface area contributed by atoms with E-state index < -0.39 is 23.7 Å². The number of thiophene rings is 1. The van der Waals surface area contributed by atoms with Crippen LogP contribution in [0.15, 0.2) is 18.2 Å². The molecule has 6 rings (SSSR count). The van der Waals surface area contributed by atoms with Gasteiger partial charge in [0.15, 0.2) is 5.82 Å². The van der Waals surface area contributed by atoms with Gasteiger partial charge in [0.2, 0.25) is 0 Å². The van der Waals surface area contributed by atoms with Crippen LogP contribution in [0.3, 0.4) is 0 Å². The van der Waals surface area contributed by atoms with Crippen molar-refractivity contribution in [3.8, 4) is 23.2 Å². The average Bonchev–Trinajstić information content (AvgIpc) is 3.58. The molecule has 16 heteroatoms. The van der Waals surface area contributed by atoms with Crippen molar-refractivity contribution < 1.29 is 31.5 Å². The quantitative estimate of drug-likeness (QED) is 0.275. The second kappa shape index (κ2) is 11.7. The van der Waals surface area contributed by atoms with E-state index in [0.29, 0.717) is 4.90 Å². The summed E-state index contributed by atoms with van der Waals surface area (Å²) in [7, 11) is 1.96. The number of ether oxygens (including phenoxy) is 1. The third-order valence-corrected chi connectivity index (χ3v) is 9.55. The Bertz CT molecular complexity index is 1870. The lowest BCUT2D eigenvalue weighted by atomic mass is 9.97. The molecule has 9 nitrogen and oxygen atoms in total. The topological polar surface area (TPSA) is 112 Å². The minimum Gasteiger partial charge on any atom is -0.462 e.